The van der Waals surface area contributed by atoms with Crippen molar-refractivity contribution >= 4 is 37.9 Å². The molecule has 2 heteroatoms. The van der Waals surface area contributed by atoms with Crippen molar-refractivity contribution in [1.82, 2.24) is 0 Å². The van der Waals surface area contributed by atoms with Crippen LogP contribution in [-0.2, 0) is 5.41 Å². The summed E-state index contributed by atoms with van der Waals surface area (Å²) in [6.07, 6.45) is 0. The molecule has 0 saturated heterocycles. The van der Waals surface area contributed by atoms with Gasteiger partial charge in [0, 0.05) is 20.7 Å². The van der Waals surface area contributed by atoms with E-state index in [9.17, 15) is 0 Å². The standard InChI is InChI=1S/C15H13Br.C13H10O/c1-15(2)13-6-4-3-5-11(13)12-8-7-10(16)9-14(12)15;1-9-6-7-13-11(8-9)10-4-2-3-5-12(10)14-13/h3-9H,1-2H3;2-8H,1H3. The van der Waals surface area contributed by atoms with Gasteiger partial charge in [-0.2, -0.15) is 0 Å². The minimum Gasteiger partial charge on any atom is -0.456 e. The van der Waals surface area contributed by atoms with Gasteiger partial charge in [0.2, 0.25) is 0 Å². The SMILES string of the molecule is CC1(C)c2ccccc2-c2ccc(Br)cc21.Cc1ccc2oc3ccccc3c2c1. The van der Waals surface area contributed by atoms with Gasteiger partial charge in [-0.3, -0.25) is 0 Å². The molecule has 0 fully saturated rings. The van der Waals surface area contributed by atoms with Crippen molar-refractivity contribution < 1.29 is 4.42 Å². The molecule has 0 radical (unpaired) electrons. The van der Waals surface area contributed by atoms with Crippen molar-refractivity contribution in [2.24, 2.45) is 0 Å². The summed E-state index contributed by atoms with van der Waals surface area (Å²) in [4.78, 5) is 0. The van der Waals surface area contributed by atoms with Gasteiger partial charge < -0.3 is 4.42 Å². The molecule has 0 bridgehead atoms. The van der Waals surface area contributed by atoms with Gasteiger partial charge in [0.25, 0.3) is 0 Å². The molecule has 1 nitrogen and oxygen atoms in total. The number of para-hydroxylation sites is 1. The highest BCUT2D eigenvalue weighted by Crippen LogP contribution is 2.48. The molecule has 0 N–H and O–H groups in total. The van der Waals surface area contributed by atoms with E-state index < -0.39 is 0 Å². The van der Waals surface area contributed by atoms with E-state index in [4.69, 9.17) is 4.42 Å². The molecule has 4 aromatic carbocycles. The summed E-state index contributed by atoms with van der Waals surface area (Å²) in [6.45, 7) is 6.69. The summed E-state index contributed by atoms with van der Waals surface area (Å²) in [7, 11) is 0. The minimum absolute atomic E-state index is 0.121. The fourth-order valence-corrected chi connectivity index (χ4v) is 4.88. The Hall–Kier alpha value is -2.84. The first kappa shape index (κ1) is 19.1. The molecule has 1 aliphatic carbocycles. The Kier molecular flexibility index (Phi) is 4.56. The van der Waals surface area contributed by atoms with E-state index in [1.807, 2.05) is 24.3 Å². The highest BCUT2D eigenvalue weighted by Gasteiger charge is 2.34. The fourth-order valence-electron chi connectivity index (χ4n) is 4.52. The fraction of sp³-hybridized carbons (Fsp3) is 0.143. The van der Waals surface area contributed by atoms with Crippen molar-refractivity contribution in [3.8, 4) is 11.1 Å². The number of aryl methyl sites for hydroxylation is 1. The quantitative estimate of drug-likeness (QED) is 0.228. The predicted molar refractivity (Wildman–Crippen MR) is 130 cm³/mol. The van der Waals surface area contributed by atoms with Crippen LogP contribution in [0.25, 0.3) is 33.1 Å². The molecule has 0 unspecified atom stereocenters. The van der Waals surface area contributed by atoms with Crippen LogP contribution in [0.1, 0.15) is 30.5 Å². The largest absolute Gasteiger partial charge is 0.456 e. The molecule has 5 aromatic rings. The van der Waals surface area contributed by atoms with Gasteiger partial charge in [0.15, 0.2) is 0 Å². The Bertz CT molecular complexity index is 1390. The molecular formula is C28H23BrO. The predicted octanol–water partition coefficient (Wildman–Crippen LogP) is 8.65. The third kappa shape index (κ3) is 3.07. The normalized spacial score (nSPS) is 13.6. The van der Waals surface area contributed by atoms with Crippen LogP contribution in [-0.4, -0.2) is 0 Å². The highest BCUT2D eigenvalue weighted by atomic mass is 79.9. The summed E-state index contributed by atoms with van der Waals surface area (Å²) >= 11 is 3.56. The number of furan rings is 1. The van der Waals surface area contributed by atoms with Crippen LogP contribution in [0.2, 0.25) is 0 Å². The van der Waals surface area contributed by atoms with Crippen LogP contribution >= 0.6 is 15.9 Å². The molecule has 148 valence electrons. The van der Waals surface area contributed by atoms with E-state index >= 15 is 0 Å². The Balaban J connectivity index is 0.000000130. The van der Waals surface area contributed by atoms with Gasteiger partial charge in [-0.1, -0.05) is 89.9 Å². The van der Waals surface area contributed by atoms with Gasteiger partial charge in [-0.25, -0.2) is 0 Å². The molecular weight excluding hydrogens is 432 g/mol. The molecule has 1 aromatic heterocycles. The second kappa shape index (κ2) is 7.14. The average Bonchev–Trinajstić information content (AvgIpc) is 3.22. The Morgan fingerprint density at radius 3 is 2.23 bits per heavy atom. The molecule has 0 amide bonds. The van der Waals surface area contributed by atoms with Crippen LogP contribution in [0.3, 0.4) is 0 Å². The Morgan fingerprint density at radius 2 is 1.37 bits per heavy atom. The second-order valence-corrected chi connectivity index (χ2v) is 9.37. The number of hydrogen-bond acceptors (Lipinski definition) is 1. The lowest BCUT2D eigenvalue weighted by Gasteiger charge is -2.21. The summed E-state index contributed by atoms with van der Waals surface area (Å²) in [5.41, 5.74) is 8.94. The minimum atomic E-state index is 0.121. The summed E-state index contributed by atoms with van der Waals surface area (Å²) in [6, 6.07) is 29.7. The maximum absolute atomic E-state index is 5.71. The zero-order chi connectivity index (χ0) is 20.9. The van der Waals surface area contributed by atoms with Crippen molar-refractivity contribution in [2.75, 3.05) is 0 Å². The molecule has 0 aliphatic heterocycles. The van der Waals surface area contributed by atoms with Crippen molar-refractivity contribution in [3.05, 3.63) is 106 Å². The number of halogens is 1. The van der Waals surface area contributed by atoms with Crippen molar-refractivity contribution in [3.63, 3.8) is 0 Å². The average molecular weight is 455 g/mol. The van der Waals surface area contributed by atoms with Gasteiger partial charge in [-0.05, 0) is 59.5 Å². The van der Waals surface area contributed by atoms with E-state index in [1.54, 1.807) is 0 Å². The molecule has 0 atom stereocenters. The molecule has 0 spiro atoms. The maximum atomic E-state index is 5.71. The molecule has 1 heterocycles. The molecule has 0 saturated carbocycles. The second-order valence-electron chi connectivity index (χ2n) is 8.46. The lowest BCUT2D eigenvalue weighted by molar-refractivity contribution is 0.660. The molecule has 6 rings (SSSR count). The molecule has 30 heavy (non-hydrogen) atoms. The van der Waals surface area contributed by atoms with Crippen LogP contribution in [0.5, 0.6) is 0 Å². The van der Waals surface area contributed by atoms with Crippen LogP contribution in [0, 0.1) is 6.92 Å². The Labute approximate surface area is 185 Å². The van der Waals surface area contributed by atoms with Gasteiger partial charge in [0.05, 0.1) is 0 Å². The topological polar surface area (TPSA) is 13.1 Å². The van der Waals surface area contributed by atoms with Crippen molar-refractivity contribution in [1.29, 1.82) is 0 Å². The maximum Gasteiger partial charge on any atom is 0.135 e. The van der Waals surface area contributed by atoms with E-state index in [-0.39, 0.29) is 5.41 Å². The number of benzene rings is 4. The highest BCUT2D eigenvalue weighted by molar-refractivity contribution is 9.10. The van der Waals surface area contributed by atoms with Crippen molar-refractivity contribution in [2.45, 2.75) is 26.2 Å². The van der Waals surface area contributed by atoms with Crippen LogP contribution in [0.4, 0.5) is 0 Å². The van der Waals surface area contributed by atoms with E-state index in [1.165, 1.54) is 38.6 Å². The monoisotopic (exact) mass is 454 g/mol. The van der Waals surface area contributed by atoms with E-state index in [2.05, 4.69) is 97.4 Å². The number of hydrogen-bond donors (Lipinski definition) is 0. The molecule has 1 aliphatic rings. The van der Waals surface area contributed by atoms with Gasteiger partial charge in [0.1, 0.15) is 11.2 Å². The zero-order valence-electron chi connectivity index (χ0n) is 17.4. The third-order valence-corrected chi connectivity index (χ3v) is 6.57. The first-order chi connectivity index (χ1) is 14.4. The summed E-state index contributed by atoms with van der Waals surface area (Å²) < 4.78 is 6.87. The Morgan fingerprint density at radius 1 is 0.667 bits per heavy atom. The third-order valence-electron chi connectivity index (χ3n) is 6.08. The summed E-state index contributed by atoms with van der Waals surface area (Å²) in [5.74, 6) is 0. The summed E-state index contributed by atoms with van der Waals surface area (Å²) in [5, 5.41) is 2.41. The zero-order valence-corrected chi connectivity index (χ0v) is 19.0. The van der Waals surface area contributed by atoms with E-state index in [0.29, 0.717) is 0 Å². The van der Waals surface area contributed by atoms with Crippen LogP contribution < -0.4 is 0 Å². The number of fused-ring (bicyclic) bond motifs is 6. The lowest BCUT2D eigenvalue weighted by Crippen LogP contribution is -2.14. The van der Waals surface area contributed by atoms with E-state index in [0.717, 1.165) is 15.6 Å². The number of rotatable bonds is 0. The first-order valence-electron chi connectivity index (χ1n) is 10.2. The van der Waals surface area contributed by atoms with Crippen LogP contribution in [0.15, 0.2) is 93.8 Å². The lowest BCUT2D eigenvalue weighted by atomic mass is 9.82. The van der Waals surface area contributed by atoms with Gasteiger partial charge in [-0.15, -0.1) is 0 Å². The smallest absolute Gasteiger partial charge is 0.135 e. The van der Waals surface area contributed by atoms with Gasteiger partial charge >= 0.3 is 0 Å². The first-order valence-corrected chi connectivity index (χ1v) is 11.0.